The van der Waals surface area contributed by atoms with E-state index in [1.807, 2.05) is 6.07 Å². The number of ether oxygens (including phenoxy) is 1. The summed E-state index contributed by atoms with van der Waals surface area (Å²) in [4.78, 5) is 23.6. The van der Waals surface area contributed by atoms with Crippen molar-refractivity contribution >= 4 is 12.0 Å². The van der Waals surface area contributed by atoms with E-state index in [0.29, 0.717) is 0 Å². The Morgan fingerprint density at radius 2 is 2.05 bits per heavy atom. The highest BCUT2D eigenvalue weighted by atomic mass is 16.5. The largest absolute Gasteiger partial charge is 0.508 e. The fourth-order valence-electron chi connectivity index (χ4n) is 1.76. The van der Waals surface area contributed by atoms with E-state index in [-0.39, 0.29) is 31.7 Å². The minimum Gasteiger partial charge on any atom is -0.508 e. The lowest BCUT2D eigenvalue weighted by Gasteiger charge is -2.18. The smallest absolute Gasteiger partial charge is 0.407 e. The molecule has 1 unspecified atom stereocenters. The van der Waals surface area contributed by atoms with Crippen LogP contribution in [0.25, 0.3) is 0 Å². The summed E-state index contributed by atoms with van der Waals surface area (Å²) in [6, 6.07) is 7.44. The second kappa shape index (κ2) is 9.23. The normalized spacial score (nSPS) is 11.1. The van der Waals surface area contributed by atoms with Gasteiger partial charge >= 0.3 is 6.09 Å². The summed E-state index contributed by atoms with van der Waals surface area (Å²) in [5.74, 6) is -0.270. The molecule has 3 N–H and O–H groups in total. The molecular formula is C15H19N3O4. The molecule has 0 bridgehead atoms. The molecule has 0 spiro atoms. The number of phenolic OH excluding ortho intramolecular Hbond substituents is 1. The maximum atomic E-state index is 12.1. The van der Waals surface area contributed by atoms with E-state index in [1.54, 1.807) is 19.1 Å². The Labute approximate surface area is 128 Å². The summed E-state index contributed by atoms with van der Waals surface area (Å²) in [6.45, 7) is 2.08. The van der Waals surface area contributed by atoms with Gasteiger partial charge in [0.05, 0.1) is 19.1 Å². The minimum atomic E-state index is -0.817. The van der Waals surface area contributed by atoms with E-state index in [2.05, 4.69) is 10.6 Å². The molecule has 0 aliphatic heterocycles. The van der Waals surface area contributed by atoms with Gasteiger partial charge in [-0.3, -0.25) is 4.79 Å². The van der Waals surface area contributed by atoms with Crippen LogP contribution in [0.5, 0.6) is 5.75 Å². The first-order chi connectivity index (χ1) is 10.6. The number of aromatic hydroxyl groups is 1. The number of nitriles is 1. The maximum Gasteiger partial charge on any atom is 0.407 e. The Bertz CT molecular complexity index is 537. The summed E-state index contributed by atoms with van der Waals surface area (Å²) in [6.07, 6.45) is -0.240. The van der Waals surface area contributed by atoms with Gasteiger partial charge in [-0.15, -0.1) is 0 Å². The number of amides is 2. The van der Waals surface area contributed by atoms with Crippen molar-refractivity contribution in [2.75, 3.05) is 13.2 Å². The highest BCUT2D eigenvalue weighted by Gasteiger charge is 2.21. The number of nitrogens with zero attached hydrogens (tertiary/aromatic N) is 1. The number of hydrogen-bond acceptors (Lipinski definition) is 5. The Kier molecular flexibility index (Phi) is 7.26. The number of carbonyl (C=O) groups is 2. The van der Waals surface area contributed by atoms with Crippen LogP contribution in [0, 0.1) is 11.3 Å². The molecule has 1 atom stereocenters. The van der Waals surface area contributed by atoms with Crippen LogP contribution in [0.2, 0.25) is 0 Å². The van der Waals surface area contributed by atoms with Crippen LogP contribution < -0.4 is 10.6 Å². The Morgan fingerprint density at radius 3 is 2.64 bits per heavy atom. The first-order valence-corrected chi connectivity index (χ1v) is 6.92. The first kappa shape index (κ1) is 17.3. The molecule has 0 radical (unpaired) electrons. The quantitative estimate of drug-likeness (QED) is 0.653. The highest BCUT2D eigenvalue weighted by Crippen LogP contribution is 2.11. The van der Waals surface area contributed by atoms with Crippen molar-refractivity contribution in [3.8, 4) is 11.8 Å². The van der Waals surface area contributed by atoms with Crippen molar-refractivity contribution in [1.82, 2.24) is 10.6 Å². The Morgan fingerprint density at radius 1 is 1.36 bits per heavy atom. The van der Waals surface area contributed by atoms with Gasteiger partial charge in [0, 0.05) is 13.0 Å². The maximum absolute atomic E-state index is 12.1. The number of carbonyl (C=O) groups excluding carboxylic acids is 2. The summed E-state index contributed by atoms with van der Waals surface area (Å²) in [5.41, 5.74) is 0.773. The van der Waals surface area contributed by atoms with Gasteiger partial charge in [-0.25, -0.2) is 4.79 Å². The van der Waals surface area contributed by atoms with Crippen LogP contribution in [-0.2, 0) is 16.0 Å². The number of phenols is 1. The minimum absolute atomic E-state index is 0.122. The second-order valence-electron chi connectivity index (χ2n) is 4.49. The average molecular weight is 305 g/mol. The number of hydrogen-bond donors (Lipinski definition) is 3. The van der Waals surface area contributed by atoms with Crippen LogP contribution in [0.1, 0.15) is 18.9 Å². The molecule has 118 valence electrons. The van der Waals surface area contributed by atoms with E-state index in [9.17, 15) is 14.7 Å². The Hall–Kier alpha value is -2.75. The molecule has 2 amide bonds. The van der Waals surface area contributed by atoms with Crippen molar-refractivity contribution in [3.63, 3.8) is 0 Å². The summed E-state index contributed by atoms with van der Waals surface area (Å²) < 4.78 is 4.78. The zero-order valence-corrected chi connectivity index (χ0v) is 12.3. The zero-order valence-electron chi connectivity index (χ0n) is 12.3. The fourth-order valence-corrected chi connectivity index (χ4v) is 1.76. The molecule has 0 aromatic heterocycles. The third kappa shape index (κ3) is 6.13. The number of rotatable bonds is 7. The molecule has 1 aromatic rings. The van der Waals surface area contributed by atoms with Crippen LogP contribution in [0.3, 0.4) is 0 Å². The highest BCUT2D eigenvalue weighted by molar-refractivity contribution is 5.85. The van der Waals surface area contributed by atoms with Crippen molar-refractivity contribution in [1.29, 1.82) is 5.26 Å². The third-order valence-corrected chi connectivity index (χ3v) is 2.80. The van der Waals surface area contributed by atoms with Crippen LogP contribution >= 0.6 is 0 Å². The van der Waals surface area contributed by atoms with Crippen molar-refractivity contribution in [3.05, 3.63) is 29.8 Å². The van der Waals surface area contributed by atoms with Gasteiger partial charge in [0.2, 0.25) is 5.91 Å². The third-order valence-electron chi connectivity index (χ3n) is 2.80. The van der Waals surface area contributed by atoms with Crippen LogP contribution in [-0.4, -0.2) is 36.3 Å². The summed E-state index contributed by atoms with van der Waals surface area (Å²) >= 11 is 0. The van der Waals surface area contributed by atoms with Crippen molar-refractivity contribution in [2.24, 2.45) is 0 Å². The van der Waals surface area contributed by atoms with Gasteiger partial charge in [0.15, 0.2) is 0 Å². The van der Waals surface area contributed by atoms with Crippen LogP contribution in [0.15, 0.2) is 24.3 Å². The molecule has 0 heterocycles. The number of alkyl carbamates (subject to hydrolysis) is 1. The lowest BCUT2D eigenvalue weighted by atomic mass is 10.1. The molecule has 0 aliphatic rings. The van der Waals surface area contributed by atoms with Gasteiger partial charge < -0.3 is 20.5 Å². The van der Waals surface area contributed by atoms with E-state index in [4.69, 9.17) is 10.00 Å². The predicted octanol–water partition coefficient (Wildman–Crippen LogP) is 1.08. The van der Waals surface area contributed by atoms with Gasteiger partial charge in [-0.05, 0) is 24.6 Å². The number of nitrogens with one attached hydrogen (secondary N) is 2. The van der Waals surface area contributed by atoms with E-state index in [1.165, 1.54) is 12.1 Å². The van der Waals surface area contributed by atoms with Gasteiger partial charge in [-0.1, -0.05) is 12.1 Å². The molecule has 0 saturated heterocycles. The number of benzene rings is 1. The zero-order chi connectivity index (χ0) is 16.4. The molecule has 7 nitrogen and oxygen atoms in total. The SMILES string of the molecule is CCOC(=O)NC(Cc1ccc(O)cc1)C(=O)NCCC#N. The molecule has 0 fully saturated rings. The van der Waals surface area contributed by atoms with Crippen molar-refractivity contribution < 1.29 is 19.4 Å². The molecule has 22 heavy (non-hydrogen) atoms. The molecule has 1 rings (SSSR count). The Balaban J connectivity index is 2.72. The average Bonchev–Trinajstić information content (AvgIpc) is 2.49. The van der Waals surface area contributed by atoms with E-state index in [0.717, 1.165) is 5.56 Å². The lowest BCUT2D eigenvalue weighted by molar-refractivity contribution is -0.123. The molecule has 7 heteroatoms. The topological polar surface area (TPSA) is 111 Å². The predicted molar refractivity (Wildman–Crippen MR) is 79.0 cm³/mol. The molecule has 1 aromatic carbocycles. The summed E-state index contributed by atoms with van der Waals surface area (Å²) in [5, 5.41) is 22.8. The van der Waals surface area contributed by atoms with Gasteiger partial charge in [0.1, 0.15) is 11.8 Å². The second-order valence-corrected chi connectivity index (χ2v) is 4.49. The lowest BCUT2D eigenvalue weighted by Crippen LogP contribution is -2.48. The van der Waals surface area contributed by atoms with E-state index >= 15 is 0 Å². The molecule has 0 saturated carbocycles. The first-order valence-electron chi connectivity index (χ1n) is 6.92. The molecular weight excluding hydrogens is 286 g/mol. The monoisotopic (exact) mass is 305 g/mol. The van der Waals surface area contributed by atoms with E-state index < -0.39 is 18.0 Å². The van der Waals surface area contributed by atoms with Crippen molar-refractivity contribution in [2.45, 2.75) is 25.8 Å². The molecule has 0 aliphatic carbocycles. The standard InChI is InChI=1S/C15H19N3O4/c1-2-22-15(21)18-13(14(20)17-9-3-8-16)10-11-4-6-12(19)7-5-11/h4-7,13,19H,2-3,9-10H2,1H3,(H,17,20)(H,18,21). The van der Waals surface area contributed by atoms with Crippen LogP contribution in [0.4, 0.5) is 4.79 Å². The summed E-state index contributed by atoms with van der Waals surface area (Å²) in [7, 11) is 0. The van der Waals surface area contributed by atoms with Gasteiger partial charge in [-0.2, -0.15) is 5.26 Å². The fraction of sp³-hybridized carbons (Fsp3) is 0.400. The van der Waals surface area contributed by atoms with Gasteiger partial charge in [0.25, 0.3) is 0 Å².